The number of piperidine rings is 1. The average molecular weight is 705 g/mol. The molecule has 11 heteroatoms. The molecular weight excluding hydrogens is 664 g/mol. The van der Waals surface area contributed by atoms with Crippen LogP contribution < -0.4 is 10.5 Å². The Hall–Kier alpha value is -2.60. The third-order valence-corrected chi connectivity index (χ3v) is 12.1. The monoisotopic (exact) mass is 703 g/mol. The number of nitrogens with two attached hydrogens (primary N) is 1. The minimum Gasteiger partial charge on any atom is -0.490 e. The summed E-state index contributed by atoms with van der Waals surface area (Å²) >= 11 is 3.28. The zero-order valence-corrected chi connectivity index (χ0v) is 27.9. The Bertz CT molecular complexity index is 1650. The Morgan fingerprint density at radius 3 is 2.18 bits per heavy atom. The minimum absolute atomic E-state index is 0.122. The second kappa shape index (κ2) is 12.5. The van der Waals surface area contributed by atoms with Gasteiger partial charge >= 0.3 is 0 Å². The van der Waals surface area contributed by atoms with Crippen molar-refractivity contribution < 1.29 is 26.7 Å². The molecule has 1 saturated carbocycles. The van der Waals surface area contributed by atoms with Gasteiger partial charge in [-0.05, 0) is 112 Å². The Balaban J connectivity index is 1.41. The van der Waals surface area contributed by atoms with E-state index in [9.17, 15) is 13.2 Å². The van der Waals surface area contributed by atoms with Crippen LogP contribution in [0.3, 0.4) is 0 Å². The largest absolute Gasteiger partial charge is 0.490 e. The van der Waals surface area contributed by atoms with Crippen LogP contribution in [-0.4, -0.2) is 59.8 Å². The van der Waals surface area contributed by atoms with Gasteiger partial charge in [0.05, 0.1) is 11.0 Å². The molecular formula is C34H40BrF2N3O4S. The van der Waals surface area contributed by atoms with Crippen LogP contribution in [0.5, 0.6) is 5.75 Å². The maximum atomic E-state index is 16.8. The van der Waals surface area contributed by atoms with Gasteiger partial charge in [-0.15, -0.1) is 0 Å². The van der Waals surface area contributed by atoms with Crippen LogP contribution >= 0.6 is 15.9 Å². The number of carbonyl (C=O) groups is 1. The van der Waals surface area contributed by atoms with E-state index in [-0.39, 0.29) is 29.1 Å². The topological polar surface area (TPSA) is 92.9 Å². The molecule has 0 radical (unpaired) electrons. The maximum Gasteiger partial charge on any atom is 0.298 e. The van der Waals surface area contributed by atoms with Gasteiger partial charge in [-0.1, -0.05) is 40.2 Å². The van der Waals surface area contributed by atoms with Crippen LogP contribution in [0.15, 0.2) is 70.0 Å². The van der Waals surface area contributed by atoms with E-state index in [4.69, 9.17) is 10.5 Å². The van der Waals surface area contributed by atoms with Gasteiger partial charge < -0.3 is 15.4 Å². The van der Waals surface area contributed by atoms with E-state index in [1.165, 1.54) is 55.1 Å². The van der Waals surface area contributed by atoms with Crippen molar-refractivity contribution in [3.8, 4) is 5.75 Å². The van der Waals surface area contributed by atoms with Gasteiger partial charge in [0.25, 0.3) is 5.92 Å². The van der Waals surface area contributed by atoms with Crippen molar-refractivity contribution in [1.29, 1.82) is 0 Å². The summed E-state index contributed by atoms with van der Waals surface area (Å²) in [7, 11) is -4.59. The number of carbonyl (C=O) groups excluding carboxylic acids is 1. The van der Waals surface area contributed by atoms with Crippen LogP contribution in [0.2, 0.25) is 0 Å². The number of alkyl halides is 2. The molecule has 3 unspecified atom stereocenters. The van der Waals surface area contributed by atoms with Crippen LogP contribution in [0.25, 0.3) is 10.8 Å². The molecule has 3 atom stereocenters. The molecule has 2 N–H and O–H groups in total. The van der Waals surface area contributed by atoms with E-state index in [1.807, 2.05) is 12.1 Å². The highest BCUT2D eigenvalue weighted by atomic mass is 79.9. The van der Waals surface area contributed by atoms with Gasteiger partial charge in [0.2, 0.25) is 15.9 Å². The Kier molecular flexibility index (Phi) is 9.02. The van der Waals surface area contributed by atoms with Gasteiger partial charge in [0.1, 0.15) is 5.75 Å². The van der Waals surface area contributed by atoms with E-state index in [0.29, 0.717) is 41.3 Å². The van der Waals surface area contributed by atoms with Crippen LogP contribution in [0, 0.1) is 0 Å². The lowest BCUT2D eigenvalue weighted by Gasteiger charge is -2.44. The third kappa shape index (κ3) is 6.25. The lowest BCUT2D eigenvalue weighted by Crippen LogP contribution is -2.63. The second-order valence-electron chi connectivity index (χ2n) is 13.0. The van der Waals surface area contributed by atoms with Crippen LogP contribution in [0.4, 0.5) is 8.78 Å². The van der Waals surface area contributed by atoms with E-state index in [0.717, 1.165) is 35.4 Å². The van der Waals surface area contributed by atoms with Crippen LogP contribution in [0.1, 0.15) is 70.8 Å². The molecule has 2 aliphatic heterocycles. The van der Waals surface area contributed by atoms with E-state index >= 15 is 8.78 Å². The predicted molar refractivity (Wildman–Crippen MR) is 174 cm³/mol. The molecule has 3 aliphatic rings. The number of fused-ring (bicyclic) bond motifs is 3. The molecule has 1 aliphatic carbocycles. The second-order valence-corrected chi connectivity index (χ2v) is 15.8. The number of amides is 1. The maximum absolute atomic E-state index is 16.8. The molecule has 2 bridgehead atoms. The van der Waals surface area contributed by atoms with Gasteiger partial charge in [-0.2, -0.15) is 13.1 Å². The summed E-state index contributed by atoms with van der Waals surface area (Å²) in [5.74, 6) is -4.00. The molecule has 1 amide bonds. The Morgan fingerprint density at radius 1 is 0.956 bits per heavy atom. The third-order valence-electron chi connectivity index (χ3n) is 9.56. The highest BCUT2D eigenvalue weighted by molar-refractivity contribution is 9.10. The molecule has 0 spiro atoms. The highest BCUT2D eigenvalue weighted by Crippen LogP contribution is 2.43. The highest BCUT2D eigenvalue weighted by Gasteiger charge is 2.57. The number of hydrogen-bond donors (Lipinski definition) is 1. The molecule has 3 aromatic rings. The summed E-state index contributed by atoms with van der Waals surface area (Å²) < 4.78 is 70.0. The molecule has 242 valence electrons. The van der Waals surface area contributed by atoms with Crippen LogP contribution in [-0.2, 0) is 20.7 Å². The smallest absolute Gasteiger partial charge is 0.298 e. The standard InChI is InChI=1S/C34H40BrF2N3O4S/c1-21(2)40(45(42,43)31-16-8-22-17-30(15-7-23(22)18-31)44-29-5-3-4-6-29)32(34(36,37)24-9-11-25(35)12-10-24)33(41)39-27-13-14-28(39)20-26(38)19-27/h7-12,15-18,21,26-29,32H,3-6,13-14,19-20,38H2,1-2H3. The van der Waals surface area contributed by atoms with Crippen molar-refractivity contribution >= 4 is 42.6 Å². The summed E-state index contributed by atoms with van der Waals surface area (Å²) in [5.41, 5.74) is 5.80. The molecule has 3 fully saturated rings. The number of halogens is 3. The van der Waals surface area contributed by atoms with Gasteiger partial charge in [0.15, 0.2) is 6.04 Å². The number of rotatable bonds is 9. The van der Waals surface area contributed by atoms with Gasteiger partial charge in [0, 0.05) is 34.2 Å². The van der Waals surface area contributed by atoms with E-state index in [1.54, 1.807) is 12.1 Å². The average Bonchev–Trinajstić information content (AvgIpc) is 3.60. The number of ether oxygens (including phenoxy) is 1. The van der Waals surface area contributed by atoms with E-state index in [2.05, 4.69) is 15.9 Å². The van der Waals surface area contributed by atoms with Crippen molar-refractivity contribution in [2.24, 2.45) is 5.73 Å². The van der Waals surface area contributed by atoms with Crippen molar-refractivity contribution in [3.63, 3.8) is 0 Å². The summed E-state index contributed by atoms with van der Waals surface area (Å²) in [4.78, 5) is 15.8. The van der Waals surface area contributed by atoms with Crippen molar-refractivity contribution in [3.05, 3.63) is 70.7 Å². The number of sulfonamides is 1. The SMILES string of the molecule is CC(C)N(C(C(=O)N1C2CCC1CC(N)C2)C(F)(F)c1ccc(Br)cc1)S(=O)(=O)c1ccc2cc(OC3CCCC3)ccc2c1. The lowest BCUT2D eigenvalue weighted by atomic mass is 9.94. The van der Waals surface area contributed by atoms with Crippen molar-refractivity contribution in [2.45, 2.75) is 112 Å². The first-order valence-corrected chi connectivity index (χ1v) is 18.0. The molecule has 6 rings (SSSR count). The fourth-order valence-electron chi connectivity index (χ4n) is 7.44. The first kappa shape index (κ1) is 32.3. The molecule has 45 heavy (non-hydrogen) atoms. The Labute approximate surface area is 272 Å². The number of benzene rings is 3. The lowest BCUT2D eigenvalue weighted by molar-refractivity contribution is -0.157. The minimum atomic E-state index is -4.59. The first-order chi connectivity index (χ1) is 21.4. The van der Waals surface area contributed by atoms with Crippen molar-refractivity contribution in [2.75, 3.05) is 0 Å². The summed E-state index contributed by atoms with van der Waals surface area (Å²) in [6.45, 7) is 3.06. The first-order valence-electron chi connectivity index (χ1n) is 15.8. The van der Waals surface area contributed by atoms with Crippen molar-refractivity contribution in [1.82, 2.24) is 9.21 Å². The zero-order chi connectivity index (χ0) is 32.1. The fourth-order valence-corrected chi connectivity index (χ4v) is 9.52. The summed E-state index contributed by atoms with van der Waals surface area (Å²) in [6, 6.07) is 11.5. The molecule has 7 nitrogen and oxygen atoms in total. The summed E-state index contributed by atoms with van der Waals surface area (Å²) in [5, 5.41) is 1.40. The molecule has 2 heterocycles. The Morgan fingerprint density at radius 2 is 1.56 bits per heavy atom. The normalized spacial score (nSPS) is 23.3. The van der Waals surface area contributed by atoms with Gasteiger partial charge in [-0.3, -0.25) is 4.79 Å². The number of nitrogens with zero attached hydrogens (tertiary/aromatic N) is 2. The predicted octanol–water partition coefficient (Wildman–Crippen LogP) is 6.96. The summed E-state index contributed by atoms with van der Waals surface area (Å²) in [6.07, 6.45) is 6.81. The number of hydrogen-bond acceptors (Lipinski definition) is 5. The van der Waals surface area contributed by atoms with E-state index < -0.39 is 39.5 Å². The fraction of sp³-hybridized carbons (Fsp3) is 0.500. The molecule has 2 saturated heterocycles. The quantitative estimate of drug-likeness (QED) is 0.260. The molecule has 0 aromatic heterocycles. The molecule has 3 aromatic carbocycles. The zero-order valence-electron chi connectivity index (χ0n) is 25.5. The van der Waals surface area contributed by atoms with Gasteiger partial charge in [-0.25, -0.2) is 8.42 Å².